The van der Waals surface area contributed by atoms with Gasteiger partial charge in [0.2, 0.25) is 5.91 Å². The van der Waals surface area contributed by atoms with E-state index in [9.17, 15) is 4.79 Å². The molecule has 1 saturated carbocycles. The Morgan fingerprint density at radius 3 is 2.60 bits per heavy atom. The Morgan fingerprint density at radius 2 is 1.95 bits per heavy atom. The Morgan fingerprint density at radius 1 is 1.25 bits per heavy atom. The van der Waals surface area contributed by atoms with Gasteiger partial charge in [-0.05, 0) is 44.4 Å². The molecule has 0 bridgehead atoms. The highest BCUT2D eigenvalue weighted by atomic mass is 35.5. The molecule has 0 radical (unpaired) electrons. The third kappa shape index (κ3) is 5.23. The quantitative estimate of drug-likeness (QED) is 0.866. The van der Waals surface area contributed by atoms with E-state index in [-0.39, 0.29) is 24.4 Å². The van der Waals surface area contributed by atoms with Crippen LogP contribution in [0.25, 0.3) is 0 Å². The van der Waals surface area contributed by atoms with Gasteiger partial charge in [0, 0.05) is 38.8 Å². The van der Waals surface area contributed by atoms with Gasteiger partial charge in [-0.25, -0.2) is 0 Å². The first-order chi connectivity index (χ1) is 9.16. The standard InChI is InChI=1S/C15H28N2O2.ClH/c1-17(8-5-12-6-9-19-10-7-12)15(18)13-3-2-4-14(16)11-13;/h12-14H,2-11,16H2,1H3;1H. The lowest BCUT2D eigenvalue weighted by atomic mass is 9.85. The molecule has 1 aliphatic carbocycles. The molecular weight excluding hydrogens is 276 g/mol. The van der Waals surface area contributed by atoms with E-state index in [0.717, 1.165) is 70.6 Å². The second kappa shape index (κ2) is 8.85. The summed E-state index contributed by atoms with van der Waals surface area (Å²) >= 11 is 0. The fraction of sp³-hybridized carbons (Fsp3) is 0.933. The molecule has 1 saturated heterocycles. The number of nitrogens with zero attached hydrogens (tertiary/aromatic N) is 1. The van der Waals surface area contributed by atoms with Crippen LogP contribution >= 0.6 is 12.4 Å². The van der Waals surface area contributed by atoms with Gasteiger partial charge in [0.05, 0.1) is 0 Å². The van der Waals surface area contributed by atoms with Crippen LogP contribution in [-0.2, 0) is 9.53 Å². The molecule has 2 aliphatic rings. The zero-order chi connectivity index (χ0) is 13.7. The highest BCUT2D eigenvalue weighted by molar-refractivity contribution is 5.85. The van der Waals surface area contributed by atoms with Gasteiger partial charge in [0.25, 0.3) is 0 Å². The molecule has 1 amide bonds. The summed E-state index contributed by atoms with van der Waals surface area (Å²) in [6, 6.07) is 0.228. The summed E-state index contributed by atoms with van der Waals surface area (Å²) in [5.74, 6) is 1.21. The van der Waals surface area contributed by atoms with E-state index in [1.165, 1.54) is 0 Å². The fourth-order valence-electron chi connectivity index (χ4n) is 3.29. The zero-order valence-electron chi connectivity index (χ0n) is 12.6. The van der Waals surface area contributed by atoms with Gasteiger partial charge >= 0.3 is 0 Å². The molecule has 2 N–H and O–H groups in total. The molecule has 0 aromatic heterocycles. The van der Waals surface area contributed by atoms with Crippen LogP contribution in [0.15, 0.2) is 0 Å². The minimum absolute atomic E-state index is 0. The van der Waals surface area contributed by atoms with Gasteiger partial charge in [-0.15, -0.1) is 12.4 Å². The first-order valence-electron chi connectivity index (χ1n) is 7.75. The lowest BCUT2D eigenvalue weighted by Gasteiger charge is -2.30. The van der Waals surface area contributed by atoms with E-state index in [2.05, 4.69) is 0 Å². The van der Waals surface area contributed by atoms with E-state index >= 15 is 0 Å². The molecule has 2 fully saturated rings. The Hall–Kier alpha value is -0.320. The number of halogens is 1. The van der Waals surface area contributed by atoms with Crippen molar-refractivity contribution in [3.05, 3.63) is 0 Å². The second-order valence-corrected chi connectivity index (χ2v) is 6.23. The molecule has 118 valence electrons. The number of ether oxygens (including phenoxy) is 1. The van der Waals surface area contributed by atoms with Gasteiger partial charge in [0.15, 0.2) is 0 Å². The van der Waals surface area contributed by atoms with Crippen molar-refractivity contribution in [2.45, 2.75) is 51.0 Å². The Balaban J connectivity index is 0.00000200. The second-order valence-electron chi connectivity index (χ2n) is 6.23. The van der Waals surface area contributed by atoms with Crippen LogP contribution in [-0.4, -0.2) is 43.7 Å². The van der Waals surface area contributed by atoms with Crippen molar-refractivity contribution in [2.75, 3.05) is 26.8 Å². The minimum atomic E-state index is 0. The van der Waals surface area contributed by atoms with Crippen molar-refractivity contribution in [1.82, 2.24) is 4.90 Å². The number of hydrogen-bond donors (Lipinski definition) is 1. The maximum atomic E-state index is 12.4. The fourth-order valence-corrected chi connectivity index (χ4v) is 3.29. The Labute approximate surface area is 128 Å². The van der Waals surface area contributed by atoms with E-state index in [1.807, 2.05) is 11.9 Å². The van der Waals surface area contributed by atoms with Crippen molar-refractivity contribution in [2.24, 2.45) is 17.6 Å². The number of nitrogens with two attached hydrogens (primary N) is 1. The highest BCUT2D eigenvalue weighted by Gasteiger charge is 2.27. The van der Waals surface area contributed by atoms with Gasteiger partial charge in [-0.2, -0.15) is 0 Å². The number of carbonyl (C=O) groups is 1. The van der Waals surface area contributed by atoms with Gasteiger partial charge in [0.1, 0.15) is 0 Å². The molecule has 2 rings (SSSR count). The normalized spacial score (nSPS) is 27.7. The number of rotatable bonds is 4. The first kappa shape index (κ1) is 17.7. The number of carbonyl (C=O) groups excluding carboxylic acids is 1. The lowest BCUT2D eigenvalue weighted by Crippen LogP contribution is -2.39. The van der Waals surface area contributed by atoms with Crippen LogP contribution in [0.2, 0.25) is 0 Å². The maximum Gasteiger partial charge on any atom is 0.225 e. The predicted octanol–water partition coefficient (Wildman–Crippen LogP) is 2.20. The van der Waals surface area contributed by atoms with Gasteiger partial charge < -0.3 is 15.4 Å². The van der Waals surface area contributed by atoms with E-state index in [0.29, 0.717) is 5.91 Å². The van der Waals surface area contributed by atoms with Crippen molar-refractivity contribution < 1.29 is 9.53 Å². The van der Waals surface area contributed by atoms with E-state index in [4.69, 9.17) is 10.5 Å². The molecule has 1 heterocycles. The summed E-state index contributed by atoms with van der Waals surface area (Å²) in [5, 5.41) is 0. The summed E-state index contributed by atoms with van der Waals surface area (Å²) in [4.78, 5) is 14.3. The topological polar surface area (TPSA) is 55.6 Å². The van der Waals surface area contributed by atoms with Crippen LogP contribution < -0.4 is 5.73 Å². The Bertz CT molecular complexity index is 296. The third-order valence-corrected chi connectivity index (χ3v) is 4.65. The van der Waals surface area contributed by atoms with Crippen molar-refractivity contribution in [3.63, 3.8) is 0 Å². The highest BCUT2D eigenvalue weighted by Crippen LogP contribution is 2.25. The minimum Gasteiger partial charge on any atom is -0.381 e. The molecule has 2 unspecified atom stereocenters. The largest absolute Gasteiger partial charge is 0.381 e. The zero-order valence-corrected chi connectivity index (χ0v) is 13.4. The molecule has 20 heavy (non-hydrogen) atoms. The summed E-state index contributed by atoms with van der Waals surface area (Å²) in [7, 11) is 1.95. The van der Waals surface area contributed by atoms with Crippen molar-refractivity contribution in [1.29, 1.82) is 0 Å². The van der Waals surface area contributed by atoms with Crippen LogP contribution in [0.4, 0.5) is 0 Å². The van der Waals surface area contributed by atoms with Crippen LogP contribution in [0.3, 0.4) is 0 Å². The SMILES string of the molecule is CN(CCC1CCOCC1)C(=O)C1CCCC(N)C1.Cl. The van der Waals surface area contributed by atoms with Gasteiger partial charge in [-0.3, -0.25) is 4.79 Å². The van der Waals surface area contributed by atoms with Gasteiger partial charge in [-0.1, -0.05) is 6.42 Å². The molecule has 0 aromatic carbocycles. The smallest absolute Gasteiger partial charge is 0.225 e. The summed E-state index contributed by atoms with van der Waals surface area (Å²) < 4.78 is 5.37. The van der Waals surface area contributed by atoms with Crippen molar-refractivity contribution in [3.8, 4) is 0 Å². The average molecular weight is 305 g/mol. The molecule has 0 aromatic rings. The number of amides is 1. The van der Waals surface area contributed by atoms with Crippen molar-refractivity contribution >= 4 is 18.3 Å². The first-order valence-corrected chi connectivity index (χ1v) is 7.75. The summed E-state index contributed by atoms with van der Waals surface area (Å²) in [6.45, 7) is 2.66. The third-order valence-electron chi connectivity index (χ3n) is 4.65. The monoisotopic (exact) mass is 304 g/mol. The van der Waals surface area contributed by atoms with Crippen LogP contribution in [0.1, 0.15) is 44.9 Å². The van der Waals surface area contributed by atoms with E-state index in [1.54, 1.807) is 0 Å². The number of hydrogen-bond acceptors (Lipinski definition) is 3. The van der Waals surface area contributed by atoms with Crippen LogP contribution in [0.5, 0.6) is 0 Å². The Kier molecular flexibility index (Phi) is 7.85. The molecule has 1 aliphatic heterocycles. The van der Waals surface area contributed by atoms with E-state index < -0.39 is 0 Å². The molecule has 5 heteroatoms. The molecule has 2 atom stereocenters. The average Bonchev–Trinajstić information content (AvgIpc) is 2.45. The molecular formula is C15H29ClN2O2. The summed E-state index contributed by atoms with van der Waals surface area (Å²) in [5.41, 5.74) is 5.97. The summed E-state index contributed by atoms with van der Waals surface area (Å²) in [6.07, 6.45) is 7.49. The lowest BCUT2D eigenvalue weighted by molar-refractivity contribution is -0.135. The molecule has 4 nitrogen and oxygen atoms in total. The molecule has 0 spiro atoms. The van der Waals surface area contributed by atoms with Crippen LogP contribution in [0, 0.1) is 11.8 Å². The predicted molar refractivity (Wildman–Crippen MR) is 83.0 cm³/mol. The maximum absolute atomic E-state index is 12.4.